The van der Waals surface area contributed by atoms with Gasteiger partial charge in [-0.3, -0.25) is 0 Å². The largest absolute Gasteiger partial charge is 0.384 e. The van der Waals surface area contributed by atoms with Crippen molar-refractivity contribution in [2.75, 3.05) is 0 Å². The number of benzene rings is 2. The molecule has 0 amide bonds. The highest BCUT2D eigenvalue weighted by Gasteiger charge is 2.11. The van der Waals surface area contributed by atoms with E-state index in [0.29, 0.717) is 11.5 Å². The maximum Gasteiger partial charge on any atom is 0.123 e. The van der Waals surface area contributed by atoms with Crippen LogP contribution in [-0.2, 0) is 0 Å². The van der Waals surface area contributed by atoms with Gasteiger partial charge in [0, 0.05) is 0 Å². The van der Waals surface area contributed by atoms with Crippen molar-refractivity contribution in [2.45, 2.75) is 32.3 Å². The van der Waals surface area contributed by atoms with E-state index in [-0.39, 0.29) is 5.82 Å². The van der Waals surface area contributed by atoms with Crippen LogP contribution in [0.25, 0.3) is 0 Å². The third-order valence-electron chi connectivity index (χ3n) is 3.60. The monoisotopic (exact) mass is 258 g/mol. The van der Waals surface area contributed by atoms with E-state index < -0.39 is 6.10 Å². The second-order valence-electron chi connectivity index (χ2n) is 4.93. The average molecular weight is 258 g/mol. The van der Waals surface area contributed by atoms with Crippen molar-refractivity contribution in [2.24, 2.45) is 0 Å². The van der Waals surface area contributed by atoms with E-state index in [9.17, 15) is 9.50 Å². The molecule has 2 heteroatoms. The molecule has 100 valence electrons. The Morgan fingerprint density at radius 1 is 1.00 bits per heavy atom. The summed E-state index contributed by atoms with van der Waals surface area (Å²) in [7, 11) is 0. The zero-order valence-corrected chi connectivity index (χ0v) is 11.3. The lowest BCUT2D eigenvalue weighted by molar-refractivity contribution is 0.220. The van der Waals surface area contributed by atoms with Gasteiger partial charge in [-0.05, 0) is 41.2 Å². The lowest BCUT2D eigenvalue weighted by Gasteiger charge is -2.14. The lowest BCUT2D eigenvalue weighted by atomic mass is 9.95. The second-order valence-corrected chi connectivity index (χ2v) is 4.93. The minimum atomic E-state index is -0.776. The average Bonchev–Trinajstić information content (AvgIpc) is 2.46. The smallest absolute Gasteiger partial charge is 0.123 e. The van der Waals surface area contributed by atoms with E-state index in [1.54, 1.807) is 12.1 Å². The molecule has 0 aliphatic rings. The molecule has 2 aromatic rings. The van der Waals surface area contributed by atoms with Gasteiger partial charge in [0.1, 0.15) is 11.9 Å². The Kier molecular flexibility index (Phi) is 4.33. The van der Waals surface area contributed by atoms with Crippen molar-refractivity contribution in [3.8, 4) is 0 Å². The highest BCUT2D eigenvalue weighted by atomic mass is 19.1. The van der Waals surface area contributed by atoms with Crippen LogP contribution in [0.15, 0.2) is 48.5 Å². The van der Waals surface area contributed by atoms with Gasteiger partial charge in [-0.25, -0.2) is 4.39 Å². The molecule has 0 saturated carbocycles. The quantitative estimate of drug-likeness (QED) is 0.860. The molecule has 2 aromatic carbocycles. The van der Waals surface area contributed by atoms with E-state index in [1.165, 1.54) is 17.7 Å². The van der Waals surface area contributed by atoms with Crippen molar-refractivity contribution in [3.05, 3.63) is 71.0 Å². The van der Waals surface area contributed by atoms with Crippen molar-refractivity contribution in [1.82, 2.24) is 0 Å². The van der Waals surface area contributed by atoms with Crippen LogP contribution in [0.5, 0.6) is 0 Å². The Balaban J connectivity index is 2.22. The minimum Gasteiger partial charge on any atom is -0.384 e. The molecule has 0 fully saturated rings. The van der Waals surface area contributed by atoms with Crippen LogP contribution in [0.4, 0.5) is 4.39 Å². The molecule has 2 rings (SSSR count). The van der Waals surface area contributed by atoms with E-state index in [2.05, 4.69) is 13.8 Å². The molecule has 2 atom stereocenters. The summed E-state index contributed by atoms with van der Waals surface area (Å²) in [6.07, 6.45) is 0.313. The number of halogens is 1. The molecule has 0 aliphatic heterocycles. The van der Waals surface area contributed by atoms with Crippen LogP contribution >= 0.6 is 0 Å². The molecule has 0 bridgehead atoms. The fourth-order valence-electron chi connectivity index (χ4n) is 2.11. The maximum atomic E-state index is 13.1. The zero-order chi connectivity index (χ0) is 13.8. The first-order valence-corrected chi connectivity index (χ1v) is 6.65. The van der Waals surface area contributed by atoms with Crippen LogP contribution in [0.2, 0.25) is 0 Å². The maximum absolute atomic E-state index is 13.1. The molecular weight excluding hydrogens is 239 g/mol. The van der Waals surface area contributed by atoms with Crippen molar-refractivity contribution in [1.29, 1.82) is 0 Å². The summed E-state index contributed by atoms with van der Waals surface area (Å²) in [5.74, 6) is 0.188. The first-order chi connectivity index (χ1) is 9.11. The van der Waals surface area contributed by atoms with Gasteiger partial charge in [-0.15, -0.1) is 0 Å². The fraction of sp³-hybridized carbons (Fsp3) is 0.294. The van der Waals surface area contributed by atoms with Crippen LogP contribution in [0, 0.1) is 5.82 Å². The summed E-state index contributed by atoms with van der Waals surface area (Å²) >= 11 is 0. The Labute approximate surface area is 113 Å². The molecule has 0 saturated heterocycles. The summed E-state index contributed by atoms with van der Waals surface area (Å²) in [5, 5.41) is 10.2. The summed E-state index contributed by atoms with van der Waals surface area (Å²) < 4.78 is 13.1. The first kappa shape index (κ1) is 13.8. The van der Waals surface area contributed by atoms with Gasteiger partial charge in [0.2, 0.25) is 0 Å². The Bertz CT molecular complexity index is 533. The highest BCUT2D eigenvalue weighted by Crippen LogP contribution is 2.25. The van der Waals surface area contributed by atoms with Gasteiger partial charge in [0.25, 0.3) is 0 Å². The van der Waals surface area contributed by atoms with Gasteiger partial charge in [0.05, 0.1) is 0 Å². The molecule has 1 nitrogen and oxygen atoms in total. The van der Waals surface area contributed by atoms with E-state index in [0.717, 1.165) is 12.0 Å². The van der Waals surface area contributed by atoms with Crippen LogP contribution in [-0.4, -0.2) is 5.11 Å². The molecule has 0 radical (unpaired) electrons. The number of hydrogen-bond donors (Lipinski definition) is 1. The van der Waals surface area contributed by atoms with Gasteiger partial charge >= 0.3 is 0 Å². The Hall–Kier alpha value is -1.67. The number of hydrogen-bond acceptors (Lipinski definition) is 1. The van der Waals surface area contributed by atoms with E-state index in [1.807, 2.05) is 24.3 Å². The SMILES string of the molecule is CCC(C)c1ccc(C(O)c2cccc(F)c2)cc1. The third kappa shape index (κ3) is 3.21. The molecule has 0 aromatic heterocycles. The second kappa shape index (κ2) is 5.98. The van der Waals surface area contributed by atoms with Crippen molar-refractivity contribution in [3.63, 3.8) is 0 Å². The summed E-state index contributed by atoms with van der Waals surface area (Å²) in [4.78, 5) is 0. The summed E-state index contributed by atoms with van der Waals surface area (Å²) in [5.41, 5.74) is 2.63. The predicted molar refractivity (Wildman–Crippen MR) is 75.6 cm³/mol. The molecule has 19 heavy (non-hydrogen) atoms. The van der Waals surface area contributed by atoms with Gasteiger partial charge in [-0.2, -0.15) is 0 Å². The summed E-state index contributed by atoms with van der Waals surface area (Å²) in [6, 6.07) is 14.0. The Morgan fingerprint density at radius 3 is 2.21 bits per heavy atom. The summed E-state index contributed by atoms with van der Waals surface area (Å²) in [6.45, 7) is 4.33. The van der Waals surface area contributed by atoms with Crippen molar-refractivity contribution < 1.29 is 9.50 Å². The highest BCUT2D eigenvalue weighted by molar-refractivity contribution is 5.33. The van der Waals surface area contributed by atoms with Crippen LogP contribution < -0.4 is 0 Å². The normalized spacial score (nSPS) is 14.1. The van der Waals surface area contributed by atoms with Gasteiger partial charge in [0.15, 0.2) is 0 Å². The molecule has 0 aliphatic carbocycles. The van der Waals surface area contributed by atoms with Gasteiger partial charge in [-0.1, -0.05) is 50.2 Å². The minimum absolute atomic E-state index is 0.326. The van der Waals surface area contributed by atoms with Crippen LogP contribution in [0.3, 0.4) is 0 Å². The van der Waals surface area contributed by atoms with Crippen molar-refractivity contribution >= 4 is 0 Å². The van der Waals surface area contributed by atoms with E-state index in [4.69, 9.17) is 0 Å². The van der Waals surface area contributed by atoms with Gasteiger partial charge < -0.3 is 5.11 Å². The number of rotatable bonds is 4. The first-order valence-electron chi connectivity index (χ1n) is 6.65. The molecule has 2 unspecified atom stereocenters. The van der Waals surface area contributed by atoms with E-state index >= 15 is 0 Å². The number of aliphatic hydroxyl groups excluding tert-OH is 1. The molecule has 0 heterocycles. The Morgan fingerprint density at radius 2 is 1.63 bits per heavy atom. The lowest BCUT2D eigenvalue weighted by Crippen LogP contribution is -2.01. The molecule has 0 spiro atoms. The molecular formula is C17H19FO. The topological polar surface area (TPSA) is 20.2 Å². The number of aliphatic hydroxyl groups is 1. The zero-order valence-electron chi connectivity index (χ0n) is 11.3. The fourth-order valence-corrected chi connectivity index (χ4v) is 2.11. The van der Waals surface area contributed by atoms with Crippen LogP contribution in [0.1, 0.15) is 49.0 Å². The third-order valence-corrected chi connectivity index (χ3v) is 3.60. The standard InChI is InChI=1S/C17H19FO/c1-3-12(2)13-7-9-14(10-8-13)17(19)15-5-4-6-16(18)11-15/h4-12,17,19H,3H2,1-2H3. The predicted octanol–water partition coefficient (Wildman–Crippen LogP) is 4.42. The molecule has 1 N–H and O–H groups in total.